The van der Waals surface area contributed by atoms with Gasteiger partial charge in [-0.1, -0.05) is 19.3 Å². The van der Waals surface area contributed by atoms with E-state index >= 15 is 0 Å². The van der Waals surface area contributed by atoms with Crippen LogP contribution in [0.5, 0.6) is 0 Å². The van der Waals surface area contributed by atoms with E-state index in [0.29, 0.717) is 22.9 Å². The van der Waals surface area contributed by atoms with Gasteiger partial charge >= 0.3 is 5.97 Å². The lowest BCUT2D eigenvalue weighted by Crippen LogP contribution is -2.41. The number of halogens is 1. The summed E-state index contributed by atoms with van der Waals surface area (Å²) in [4.78, 5) is 17.4. The molecule has 0 radical (unpaired) electrons. The quantitative estimate of drug-likeness (QED) is 0.433. The number of aromatic carboxylic acids is 1. The predicted octanol–water partition coefficient (Wildman–Crippen LogP) is 6.55. The van der Waals surface area contributed by atoms with Crippen molar-refractivity contribution in [2.24, 2.45) is 0 Å². The van der Waals surface area contributed by atoms with E-state index in [9.17, 15) is 14.3 Å². The second-order valence-electron chi connectivity index (χ2n) is 11.2. The zero-order valence-electron chi connectivity index (χ0n) is 21.3. The number of hydrogen-bond acceptors (Lipinski definition) is 4. The molecule has 6 rings (SSSR count). The van der Waals surface area contributed by atoms with Gasteiger partial charge < -0.3 is 9.67 Å². The number of hydrogen-bond donors (Lipinski definition) is 1. The van der Waals surface area contributed by atoms with Gasteiger partial charge in [-0.3, -0.25) is 9.80 Å². The molecule has 3 aromatic rings. The smallest absolute Gasteiger partial charge is 0.345 e. The topological polar surface area (TPSA) is 48.7 Å². The minimum absolute atomic E-state index is 0.184. The van der Waals surface area contributed by atoms with Crippen molar-refractivity contribution >= 4 is 27.5 Å². The van der Waals surface area contributed by atoms with Crippen molar-refractivity contribution in [1.82, 2.24) is 14.4 Å². The molecule has 5 nitrogen and oxygen atoms in total. The van der Waals surface area contributed by atoms with Crippen LogP contribution in [0.4, 0.5) is 4.39 Å². The molecule has 1 atom stereocenters. The number of carbonyl (C=O) groups is 1. The van der Waals surface area contributed by atoms with Gasteiger partial charge in [0.05, 0.1) is 15.9 Å². The van der Waals surface area contributed by atoms with Crippen LogP contribution in [-0.4, -0.2) is 57.2 Å². The van der Waals surface area contributed by atoms with Gasteiger partial charge in [-0.2, -0.15) is 0 Å². The summed E-state index contributed by atoms with van der Waals surface area (Å²) in [5.41, 5.74) is 5.75. The zero-order chi connectivity index (χ0) is 25.0. The highest BCUT2D eigenvalue weighted by Crippen LogP contribution is 2.48. The number of aromatic nitrogens is 1. The number of thiophene rings is 1. The summed E-state index contributed by atoms with van der Waals surface area (Å²) in [5, 5.41) is 9.80. The van der Waals surface area contributed by atoms with Crippen LogP contribution in [0.1, 0.15) is 79.1 Å². The maximum atomic E-state index is 14.6. The molecule has 0 bridgehead atoms. The van der Waals surface area contributed by atoms with Gasteiger partial charge in [0.2, 0.25) is 0 Å². The summed E-state index contributed by atoms with van der Waals surface area (Å²) in [6.07, 6.45) is 7.11. The highest BCUT2D eigenvalue weighted by atomic mass is 32.1. The largest absolute Gasteiger partial charge is 0.477 e. The van der Waals surface area contributed by atoms with Crippen LogP contribution in [0.2, 0.25) is 0 Å². The molecule has 7 heteroatoms. The maximum Gasteiger partial charge on any atom is 0.345 e. The van der Waals surface area contributed by atoms with Gasteiger partial charge in [-0.15, -0.1) is 11.3 Å². The van der Waals surface area contributed by atoms with Crippen LogP contribution < -0.4 is 0 Å². The van der Waals surface area contributed by atoms with E-state index in [0.717, 1.165) is 73.3 Å². The van der Waals surface area contributed by atoms with Gasteiger partial charge in [-0.05, 0) is 74.4 Å². The van der Waals surface area contributed by atoms with Crippen molar-refractivity contribution in [1.29, 1.82) is 0 Å². The highest BCUT2D eigenvalue weighted by Gasteiger charge is 2.34. The summed E-state index contributed by atoms with van der Waals surface area (Å²) < 4.78 is 18.1. The molecule has 0 unspecified atom stereocenters. The van der Waals surface area contributed by atoms with Crippen molar-refractivity contribution in [2.75, 3.05) is 19.6 Å². The molecule has 3 aliphatic rings. The van der Waals surface area contributed by atoms with Gasteiger partial charge in [-0.25, -0.2) is 9.18 Å². The molecule has 2 aromatic heterocycles. The third-order valence-corrected chi connectivity index (χ3v) is 9.89. The molecule has 2 aliphatic heterocycles. The van der Waals surface area contributed by atoms with Gasteiger partial charge in [0.1, 0.15) is 10.7 Å². The van der Waals surface area contributed by atoms with Crippen LogP contribution in [0, 0.1) is 5.82 Å². The molecule has 36 heavy (non-hydrogen) atoms. The molecule has 1 aliphatic carbocycles. The van der Waals surface area contributed by atoms with E-state index in [2.05, 4.69) is 28.2 Å². The van der Waals surface area contributed by atoms with Crippen molar-refractivity contribution in [3.05, 3.63) is 46.1 Å². The van der Waals surface area contributed by atoms with Gasteiger partial charge in [0.25, 0.3) is 0 Å². The normalized spacial score (nSPS) is 22.1. The third-order valence-electron chi connectivity index (χ3n) is 8.75. The Morgan fingerprint density at radius 3 is 2.61 bits per heavy atom. The highest BCUT2D eigenvalue weighted by molar-refractivity contribution is 7.21. The first-order chi connectivity index (χ1) is 17.4. The molecular formula is C29H36FN3O2S. The number of carboxylic acid groups (broad SMARTS) is 1. The number of rotatable bonds is 4. The molecular weight excluding hydrogens is 473 g/mol. The van der Waals surface area contributed by atoms with Crippen LogP contribution in [0.15, 0.2) is 24.3 Å². The Morgan fingerprint density at radius 1 is 1.08 bits per heavy atom. The fourth-order valence-corrected chi connectivity index (χ4v) is 7.97. The average molecular weight is 510 g/mol. The van der Waals surface area contributed by atoms with Crippen molar-refractivity contribution in [3.63, 3.8) is 0 Å². The van der Waals surface area contributed by atoms with Crippen molar-refractivity contribution in [2.45, 2.75) is 83.5 Å². The fourth-order valence-electron chi connectivity index (χ4n) is 6.84. The first-order valence-corrected chi connectivity index (χ1v) is 14.4. The number of fused-ring (bicyclic) bond motifs is 5. The summed E-state index contributed by atoms with van der Waals surface area (Å²) in [6, 6.07) is 8.17. The van der Waals surface area contributed by atoms with E-state index < -0.39 is 5.97 Å². The molecule has 1 saturated heterocycles. The Bertz CT molecular complexity index is 1290. The third kappa shape index (κ3) is 4.19. The first-order valence-electron chi connectivity index (χ1n) is 13.6. The molecule has 1 aromatic carbocycles. The average Bonchev–Trinajstić information content (AvgIpc) is 3.56. The Balaban J connectivity index is 1.50. The molecule has 1 saturated carbocycles. The summed E-state index contributed by atoms with van der Waals surface area (Å²) in [5.74, 6) is -0.604. The molecule has 2 fully saturated rings. The number of nitrogens with zero attached hydrogens (tertiary/aromatic N) is 3. The Labute approximate surface area is 216 Å². The Hall–Kier alpha value is -2.22. The molecule has 0 amide bonds. The van der Waals surface area contributed by atoms with E-state index in [1.165, 1.54) is 41.9 Å². The monoisotopic (exact) mass is 509 g/mol. The zero-order valence-corrected chi connectivity index (χ0v) is 22.1. The van der Waals surface area contributed by atoms with Crippen LogP contribution >= 0.6 is 11.3 Å². The number of carboxylic acids is 1. The molecule has 0 spiro atoms. The Morgan fingerprint density at radius 2 is 1.89 bits per heavy atom. The SMILES string of the molecule is CC(C)N1CC[C@@H](N2CCn3c(c(C4CCCCC4)c4sc(C(=O)O)cc43)-c3ccc(F)cc3C2)C1. The first kappa shape index (κ1) is 24.1. The molecule has 1 N–H and O–H groups in total. The van der Waals surface area contributed by atoms with E-state index in [1.807, 2.05) is 12.1 Å². The molecule has 4 heterocycles. The number of benzene rings is 1. The second kappa shape index (κ2) is 9.58. The van der Waals surface area contributed by atoms with Gasteiger partial charge in [0.15, 0.2) is 0 Å². The van der Waals surface area contributed by atoms with Crippen molar-refractivity contribution < 1.29 is 14.3 Å². The van der Waals surface area contributed by atoms with E-state index in [-0.39, 0.29) is 5.82 Å². The predicted molar refractivity (Wildman–Crippen MR) is 144 cm³/mol. The standard InChI is InChI=1S/C29H36FN3O2S/c1-18(2)31-11-10-22(17-31)32-12-13-33-24-15-25(29(34)35)36-28(24)26(19-6-4-3-5-7-19)27(33)23-9-8-21(30)14-20(23)16-32/h8-9,14-15,18-19,22H,3-7,10-13,16-17H2,1-2H3,(H,34,35)/t22-/m1/s1. The van der Waals surface area contributed by atoms with Crippen LogP contribution in [-0.2, 0) is 13.1 Å². The number of likely N-dealkylation sites (tertiary alicyclic amines) is 1. The van der Waals surface area contributed by atoms with E-state index in [4.69, 9.17) is 0 Å². The van der Waals surface area contributed by atoms with Crippen LogP contribution in [0.25, 0.3) is 21.5 Å². The second-order valence-corrected chi connectivity index (χ2v) is 12.2. The summed E-state index contributed by atoms with van der Waals surface area (Å²) in [7, 11) is 0. The van der Waals surface area contributed by atoms with Gasteiger partial charge in [0, 0.05) is 50.4 Å². The fraction of sp³-hybridized carbons (Fsp3) is 0.552. The van der Waals surface area contributed by atoms with Crippen molar-refractivity contribution in [3.8, 4) is 11.3 Å². The van der Waals surface area contributed by atoms with E-state index in [1.54, 1.807) is 12.1 Å². The summed E-state index contributed by atoms with van der Waals surface area (Å²) in [6.45, 7) is 9.12. The summed E-state index contributed by atoms with van der Waals surface area (Å²) >= 11 is 1.43. The minimum Gasteiger partial charge on any atom is -0.477 e. The molecule has 192 valence electrons. The lowest BCUT2D eigenvalue weighted by molar-refractivity contribution is 0.0702. The van der Waals surface area contributed by atoms with Crippen LogP contribution in [0.3, 0.4) is 0 Å². The minimum atomic E-state index is -0.852. The lowest BCUT2D eigenvalue weighted by Gasteiger charge is -2.33. The lowest BCUT2D eigenvalue weighted by atomic mass is 9.82. The maximum absolute atomic E-state index is 14.6. The Kier molecular flexibility index (Phi) is 6.42.